The first kappa shape index (κ1) is 25.9. The lowest BCUT2D eigenvalue weighted by Gasteiger charge is -2.25. The van der Waals surface area contributed by atoms with Crippen molar-refractivity contribution in [1.29, 1.82) is 0 Å². The number of carboxylic acids is 1. The summed E-state index contributed by atoms with van der Waals surface area (Å²) in [5, 5.41) is 13.6. The third-order valence-electron chi connectivity index (χ3n) is 5.46. The predicted molar refractivity (Wildman–Crippen MR) is 121 cm³/mol. The molecule has 0 spiro atoms. The van der Waals surface area contributed by atoms with Gasteiger partial charge in [-0.1, -0.05) is 19.1 Å². The molecule has 1 heterocycles. The topological polar surface area (TPSA) is 95.6 Å². The second-order valence-electron chi connectivity index (χ2n) is 8.60. The number of carbonyl (C=O) groups is 1. The van der Waals surface area contributed by atoms with Crippen molar-refractivity contribution in [3.63, 3.8) is 0 Å². The van der Waals surface area contributed by atoms with Crippen LogP contribution in [0.2, 0.25) is 0 Å². The predicted octanol–water partition coefficient (Wildman–Crippen LogP) is 4.79. The van der Waals surface area contributed by atoms with Crippen LogP contribution < -0.4 is 15.2 Å². The molecule has 0 bridgehead atoms. The van der Waals surface area contributed by atoms with E-state index < -0.39 is 35.4 Å². The highest BCUT2D eigenvalue weighted by molar-refractivity contribution is 5.77. The van der Waals surface area contributed by atoms with Crippen molar-refractivity contribution >= 4 is 5.97 Å². The molecule has 11 heteroatoms. The molecule has 2 aromatic carbocycles. The molecule has 188 valence electrons. The lowest BCUT2D eigenvalue weighted by molar-refractivity contribution is -0.274. The number of aryl methyl sites for hydroxylation is 2. The number of hydrogen-bond acceptors (Lipinski definition) is 5. The van der Waals surface area contributed by atoms with Gasteiger partial charge in [0.2, 0.25) is 0 Å². The fourth-order valence-electron chi connectivity index (χ4n) is 3.70. The molecule has 0 fully saturated rings. The summed E-state index contributed by atoms with van der Waals surface area (Å²) in [4.78, 5) is 24.6. The zero-order valence-electron chi connectivity index (χ0n) is 19.9. The summed E-state index contributed by atoms with van der Waals surface area (Å²) in [7, 11) is 0. The third-order valence-corrected chi connectivity index (χ3v) is 5.46. The molecule has 0 aliphatic carbocycles. The molecule has 0 amide bonds. The van der Waals surface area contributed by atoms with E-state index in [1.54, 1.807) is 13.8 Å². The van der Waals surface area contributed by atoms with Gasteiger partial charge in [0, 0.05) is 0 Å². The van der Waals surface area contributed by atoms with E-state index in [0.29, 0.717) is 29.0 Å². The molecule has 1 atom stereocenters. The summed E-state index contributed by atoms with van der Waals surface area (Å²) in [5.74, 6) is -1.04. The van der Waals surface area contributed by atoms with E-state index >= 15 is 0 Å². The minimum atomic E-state index is -4.81. The van der Waals surface area contributed by atoms with Crippen molar-refractivity contribution < 1.29 is 32.5 Å². The summed E-state index contributed by atoms with van der Waals surface area (Å²) >= 11 is 0. The van der Waals surface area contributed by atoms with Crippen molar-refractivity contribution in [2.45, 2.75) is 59.0 Å². The molecular formula is C24H26F3N3O5. The Labute approximate surface area is 199 Å². The molecule has 0 saturated heterocycles. The minimum Gasteiger partial charge on any atom is -0.478 e. The van der Waals surface area contributed by atoms with Gasteiger partial charge in [-0.3, -0.25) is 0 Å². The number of rotatable bonds is 8. The van der Waals surface area contributed by atoms with Gasteiger partial charge in [0.25, 0.3) is 0 Å². The summed E-state index contributed by atoms with van der Waals surface area (Å²) in [5.41, 5.74) is 0.643. The van der Waals surface area contributed by atoms with E-state index in [9.17, 15) is 27.9 Å². The number of nitrogens with zero attached hydrogens (tertiary/aromatic N) is 3. The molecule has 0 saturated carbocycles. The Morgan fingerprint density at radius 1 is 1.09 bits per heavy atom. The summed E-state index contributed by atoms with van der Waals surface area (Å²) in [6, 6.07) is 8.12. The maximum absolute atomic E-state index is 13.1. The Balaban J connectivity index is 1.93. The Morgan fingerprint density at radius 2 is 1.66 bits per heavy atom. The lowest BCUT2D eigenvalue weighted by Crippen LogP contribution is -2.38. The van der Waals surface area contributed by atoms with E-state index in [1.165, 1.54) is 41.6 Å². The van der Waals surface area contributed by atoms with Gasteiger partial charge in [-0.05, 0) is 75.1 Å². The summed E-state index contributed by atoms with van der Waals surface area (Å²) in [6.45, 7) is 8.41. The maximum Gasteiger partial charge on any atom is 0.573 e. The van der Waals surface area contributed by atoms with Crippen LogP contribution in [0.4, 0.5) is 13.2 Å². The molecule has 3 rings (SSSR count). The number of halogens is 3. The lowest BCUT2D eigenvalue weighted by atomic mass is 9.98. The number of hydrogen-bond donors (Lipinski definition) is 1. The van der Waals surface area contributed by atoms with Crippen LogP contribution in [0, 0.1) is 13.8 Å². The molecule has 3 aromatic rings. The third kappa shape index (κ3) is 5.67. The van der Waals surface area contributed by atoms with E-state index in [0.717, 1.165) is 17.7 Å². The average Bonchev–Trinajstić information content (AvgIpc) is 3.12. The quantitative estimate of drug-likeness (QED) is 0.485. The summed E-state index contributed by atoms with van der Waals surface area (Å²) in [6.07, 6.45) is -2.98. The van der Waals surface area contributed by atoms with E-state index in [2.05, 4.69) is 9.84 Å². The highest BCUT2D eigenvalue weighted by Crippen LogP contribution is 2.32. The second-order valence-corrected chi connectivity index (χ2v) is 8.60. The van der Waals surface area contributed by atoms with Gasteiger partial charge in [-0.15, -0.1) is 13.2 Å². The zero-order valence-corrected chi connectivity index (χ0v) is 19.9. The standard InChI is InChI=1S/C24H26F3N3O5/c1-6-19(16-11-14(2)20(15(3)12-16)35-23(4,5)21(31)32)30-22(33)29(13-28-30)17-7-9-18(10-8-17)34-24(25,26)27/h7-13,19H,6H2,1-5H3,(H,31,32). The van der Waals surface area contributed by atoms with Crippen molar-refractivity contribution in [2.75, 3.05) is 0 Å². The first-order valence-corrected chi connectivity index (χ1v) is 10.8. The van der Waals surface area contributed by atoms with Crippen molar-refractivity contribution in [3.8, 4) is 17.2 Å². The van der Waals surface area contributed by atoms with Gasteiger partial charge in [0.05, 0.1) is 11.7 Å². The Bertz CT molecular complexity index is 1250. The van der Waals surface area contributed by atoms with Gasteiger partial charge in [0.15, 0.2) is 5.60 Å². The number of aromatic nitrogens is 3. The Kier molecular flexibility index (Phi) is 7.00. The minimum absolute atomic E-state index is 0.331. The number of ether oxygens (including phenoxy) is 2. The number of benzene rings is 2. The molecule has 0 radical (unpaired) electrons. The van der Waals surface area contributed by atoms with Crippen molar-refractivity contribution in [3.05, 3.63) is 69.9 Å². The molecule has 0 aliphatic rings. The highest BCUT2D eigenvalue weighted by atomic mass is 19.4. The van der Waals surface area contributed by atoms with Gasteiger partial charge < -0.3 is 14.6 Å². The summed E-state index contributed by atoms with van der Waals surface area (Å²) < 4.78 is 49.3. The second kappa shape index (κ2) is 9.47. The molecule has 0 aliphatic heterocycles. The molecule has 1 unspecified atom stereocenters. The molecular weight excluding hydrogens is 467 g/mol. The fourth-order valence-corrected chi connectivity index (χ4v) is 3.70. The van der Waals surface area contributed by atoms with Crippen LogP contribution in [-0.2, 0) is 4.79 Å². The number of alkyl halides is 3. The first-order valence-electron chi connectivity index (χ1n) is 10.8. The SMILES string of the molecule is CCC(c1cc(C)c(OC(C)(C)C(=O)O)c(C)c1)n1ncn(-c2ccc(OC(F)(F)F)cc2)c1=O. The van der Waals surface area contributed by atoms with Crippen LogP contribution in [0.25, 0.3) is 5.69 Å². The molecule has 1 N–H and O–H groups in total. The fraction of sp³-hybridized carbons (Fsp3) is 0.375. The van der Waals surface area contributed by atoms with Gasteiger partial charge >= 0.3 is 18.0 Å². The van der Waals surface area contributed by atoms with Crippen LogP contribution in [0.3, 0.4) is 0 Å². The van der Waals surface area contributed by atoms with Crippen LogP contribution in [0.1, 0.15) is 49.9 Å². The Morgan fingerprint density at radius 3 is 2.14 bits per heavy atom. The molecule has 35 heavy (non-hydrogen) atoms. The van der Waals surface area contributed by atoms with Crippen molar-refractivity contribution in [2.24, 2.45) is 0 Å². The van der Waals surface area contributed by atoms with E-state index in [-0.39, 0.29) is 0 Å². The number of carboxylic acid groups (broad SMARTS) is 1. The molecule has 1 aromatic heterocycles. The van der Waals surface area contributed by atoms with Crippen LogP contribution >= 0.6 is 0 Å². The van der Waals surface area contributed by atoms with Crippen LogP contribution in [-0.4, -0.2) is 37.4 Å². The van der Waals surface area contributed by atoms with Crippen LogP contribution in [0.15, 0.2) is 47.5 Å². The monoisotopic (exact) mass is 493 g/mol. The smallest absolute Gasteiger partial charge is 0.478 e. The van der Waals surface area contributed by atoms with Crippen molar-refractivity contribution in [1.82, 2.24) is 14.3 Å². The first-order chi connectivity index (χ1) is 16.2. The van der Waals surface area contributed by atoms with E-state index in [4.69, 9.17) is 4.74 Å². The van der Waals surface area contributed by atoms with E-state index in [1.807, 2.05) is 19.1 Å². The Hall–Kier alpha value is -3.76. The molecule has 8 nitrogen and oxygen atoms in total. The highest BCUT2D eigenvalue weighted by Gasteiger charge is 2.32. The zero-order chi connectivity index (χ0) is 26.1. The van der Waals surface area contributed by atoms with Gasteiger partial charge in [-0.25, -0.2) is 18.8 Å². The number of aliphatic carboxylic acids is 1. The maximum atomic E-state index is 13.1. The van der Waals surface area contributed by atoms with Gasteiger partial charge in [0.1, 0.15) is 17.8 Å². The largest absolute Gasteiger partial charge is 0.573 e. The normalized spacial score (nSPS) is 12.9. The van der Waals surface area contributed by atoms with Crippen LogP contribution in [0.5, 0.6) is 11.5 Å². The van der Waals surface area contributed by atoms with Gasteiger partial charge in [-0.2, -0.15) is 5.10 Å². The average molecular weight is 493 g/mol.